The Kier molecular flexibility index (Phi) is 3.99. The Morgan fingerprint density at radius 1 is 1.58 bits per heavy atom. The van der Waals surface area contributed by atoms with Gasteiger partial charge in [0.1, 0.15) is 6.04 Å². The first kappa shape index (κ1) is 13.3. The van der Waals surface area contributed by atoms with E-state index < -0.39 is 12.0 Å². The van der Waals surface area contributed by atoms with Gasteiger partial charge in [-0.25, -0.2) is 9.59 Å². The normalized spacial score (nSPS) is 18.4. The van der Waals surface area contributed by atoms with Crippen LogP contribution in [-0.4, -0.2) is 39.6 Å². The Morgan fingerprint density at radius 3 is 3.05 bits per heavy atom. The molecule has 1 atom stereocenters. The van der Waals surface area contributed by atoms with Gasteiger partial charge in [0.15, 0.2) is 0 Å². The maximum atomic E-state index is 12.0. The second-order valence-electron chi connectivity index (χ2n) is 4.65. The maximum absolute atomic E-state index is 12.0. The number of carbonyl (C=O) groups is 2. The first-order valence-corrected chi connectivity index (χ1v) is 6.26. The zero-order valence-corrected chi connectivity index (χ0v) is 10.8. The molecule has 0 radical (unpaired) electrons. The number of carboxylic acid groups (broad SMARTS) is 1. The van der Waals surface area contributed by atoms with E-state index in [2.05, 4.69) is 10.3 Å². The van der Waals surface area contributed by atoms with Gasteiger partial charge in [-0.05, 0) is 37.0 Å². The number of pyridine rings is 1. The molecule has 1 aromatic heterocycles. The van der Waals surface area contributed by atoms with Gasteiger partial charge in [-0.15, -0.1) is 0 Å². The van der Waals surface area contributed by atoms with Crippen molar-refractivity contribution in [2.45, 2.75) is 32.4 Å². The number of hydrogen-bond donors (Lipinski definition) is 2. The van der Waals surface area contributed by atoms with Gasteiger partial charge in [0.05, 0.1) is 0 Å². The molecule has 0 aromatic carbocycles. The quantitative estimate of drug-likeness (QED) is 0.857. The van der Waals surface area contributed by atoms with E-state index in [1.165, 1.54) is 4.90 Å². The largest absolute Gasteiger partial charge is 0.480 e. The highest BCUT2D eigenvalue weighted by atomic mass is 16.4. The third-order valence-electron chi connectivity index (χ3n) is 3.37. The van der Waals surface area contributed by atoms with Crippen LogP contribution in [0.1, 0.15) is 24.0 Å². The van der Waals surface area contributed by atoms with E-state index in [0.717, 1.165) is 17.5 Å². The molecule has 0 aliphatic carbocycles. The first-order valence-electron chi connectivity index (χ1n) is 6.26. The predicted molar refractivity (Wildman–Crippen MR) is 68.6 cm³/mol. The zero-order chi connectivity index (χ0) is 13.8. The van der Waals surface area contributed by atoms with Crippen LogP contribution in [0.15, 0.2) is 18.5 Å². The van der Waals surface area contributed by atoms with Gasteiger partial charge >= 0.3 is 12.0 Å². The summed E-state index contributed by atoms with van der Waals surface area (Å²) in [4.78, 5) is 28.4. The van der Waals surface area contributed by atoms with Crippen molar-refractivity contribution in [3.63, 3.8) is 0 Å². The molecule has 0 spiro atoms. The van der Waals surface area contributed by atoms with Gasteiger partial charge < -0.3 is 15.3 Å². The molecule has 19 heavy (non-hydrogen) atoms. The van der Waals surface area contributed by atoms with Gasteiger partial charge in [0.2, 0.25) is 0 Å². The van der Waals surface area contributed by atoms with E-state index in [4.69, 9.17) is 5.11 Å². The molecule has 2 amide bonds. The van der Waals surface area contributed by atoms with Crippen LogP contribution in [0, 0.1) is 6.92 Å². The monoisotopic (exact) mass is 263 g/mol. The van der Waals surface area contributed by atoms with Gasteiger partial charge in [-0.2, -0.15) is 0 Å². The van der Waals surface area contributed by atoms with Crippen molar-refractivity contribution < 1.29 is 14.7 Å². The fraction of sp³-hybridized carbons (Fsp3) is 0.462. The molecular formula is C13H17N3O3. The van der Waals surface area contributed by atoms with Crippen molar-refractivity contribution >= 4 is 12.0 Å². The van der Waals surface area contributed by atoms with Crippen LogP contribution in [0.25, 0.3) is 0 Å². The Hall–Kier alpha value is -2.11. The number of aryl methyl sites for hydroxylation is 1. The lowest BCUT2D eigenvalue weighted by atomic mass is 10.1. The van der Waals surface area contributed by atoms with Crippen molar-refractivity contribution in [1.82, 2.24) is 15.2 Å². The highest BCUT2D eigenvalue weighted by Crippen LogP contribution is 2.17. The molecule has 1 aliphatic heterocycles. The van der Waals surface area contributed by atoms with Crippen LogP contribution in [0.4, 0.5) is 4.79 Å². The average Bonchev–Trinajstić information content (AvgIpc) is 2.87. The molecule has 1 aromatic rings. The van der Waals surface area contributed by atoms with E-state index in [9.17, 15) is 9.59 Å². The molecule has 102 valence electrons. The number of carbonyl (C=O) groups excluding carboxylic acids is 1. The number of hydrogen-bond acceptors (Lipinski definition) is 3. The smallest absolute Gasteiger partial charge is 0.326 e. The molecule has 1 saturated heterocycles. The summed E-state index contributed by atoms with van der Waals surface area (Å²) in [5.41, 5.74) is 1.98. The number of amides is 2. The minimum absolute atomic E-state index is 0.318. The second kappa shape index (κ2) is 5.69. The van der Waals surface area contributed by atoms with Crippen molar-refractivity contribution in [2.75, 3.05) is 6.54 Å². The summed E-state index contributed by atoms with van der Waals surface area (Å²) in [7, 11) is 0. The molecule has 1 aliphatic rings. The Balaban J connectivity index is 1.95. The van der Waals surface area contributed by atoms with Crippen LogP contribution in [-0.2, 0) is 11.3 Å². The lowest BCUT2D eigenvalue weighted by Gasteiger charge is -2.22. The number of rotatable bonds is 3. The summed E-state index contributed by atoms with van der Waals surface area (Å²) in [5.74, 6) is -0.937. The second-order valence-corrected chi connectivity index (χ2v) is 4.65. The number of carboxylic acids is 1. The molecule has 2 rings (SSSR count). The fourth-order valence-corrected chi connectivity index (χ4v) is 2.24. The molecule has 2 heterocycles. The van der Waals surface area contributed by atoms with E-state index >= 15 is 0 Å². The van der Waals surface area contributed by atoms with Gasteiger partial charge in [-0.1, -0.05) is 0 Å². The van der Waals surface area contributed by atoms with E-state index in [0.29, 0.717) is 19.5 Å². The lowest BCUT2D eigenvalue weighted by Crippen LogP contribution is -2.45. The molecule has 1 fully saturated rings. The van der Waals surface area contributed by atoms with E-state index in [-0.39, 0.29) is 6.03 Å². The van der Waals surface area contributed by atoms with Gasteiger partial charge in [0.25, 0.3) is 0 Å². The Morgan fingerprint density at radius 2 is 2.37 bits per heavy atom. The Labute approximate surface area is 111 Å². The molecule has 1 unspecified atom stereocenters. The number of nitrogens with zero attached hydrogens (tertiary/aromatic N) is 2. The van der Waals surface area contributed by atoms with Gasteiger partial charge in [0, 0.05) is 25.5 Å². The summed E-state index contributed by atoms with van der Waals surface area (Å²) in [6.45, 7) is 2.80. The summed E-state index contributed by atoms with van der Waals surface area (Å²) < 4.78 is 0. The summed E-state index contributed by atoms with van der Waals surface area (Å²) in [6.07, 6.45) is 4.66. The van der Waals surface area contributed by atoms with Crippen LogP contribution >= 0.6 is 0 Å². The molecular weight excluding hydrogens is 246 g/mol. The zero-order valence-electron chi connectivity index (χ0n) is 10.8. The van der Waals surface area contributed by atoms with Crippen molar-refractivity contribution in [1.29, 1.82) is 0 Å². The van der Waals surface area contributed by atoms with Crippen molar-refractivity contribution in [3.8, 4) is 0 Å². The summed E-state index contributed by atoms with van der Waals surface area (Å²) in [6, 6.07) is 0.827. The standard InChI is InChI=1S/C13H17N3O3/c1-9-7-14-5-4-10(9)8-15-13(19)16-6-2-3-11(16)12(17)18/h4-5,7,11H,2-3,6,8H2,1H3,(H,15,19)(H,17,18). The molecule has 0 saturated carbocycles. The van der Waals surface area contributed by atoms with Crippen LogP contribution in [0.2, 0.25) is 0 Å². The molecule has 6 heteroatoms. The highest BCUT2D eigenvalue weighted by Gasteiger charge is 2.33. The van der Waals surface area contributed by atoms with Gasteiger partial charge in [-0.3, -0.25) is 4.98 Å². The van der Waals surface area contributed by atoms with Crippen molar-refractivity contribution in [2.24, 2.45) is 0 Å². The van der Waals surface area contributed by atoms with Crippen molar-refractivity contribution in [3.05, 3.63) is 29.6 Å². The predicted octanol–water partition coefficient (Wildman–Crippen LogP) is 1.15. The maximum Gasteiger partial charge on any atom is 0.326 e. The molecule has 0 bridgehead atoms. The van der Waals surface area contributed by atoms with E-state index in [1.807, 2.05) is 13.0 Å². The van der Waals surface area contributed by atoms with E-state index in [1.54, 1.807) is 12.4 Å². The topological polar surface area (TPSA) is 82.5 Å². The third kappa shape index (κ3) is 3.01. The molecule has 2 N–H and O–H groups in total. The highest BCUT2D eigenvalue weighted by molar-refractivity contribution is 5.83. The number of urea groups is 1. The first-order chi connectivity index (χ1) is 9.09. The number of nitrogens with one attached hydrogen (secondary N) is 1. The minimum atomic E-state index is -0.937. The van der Waals surface area contributed by atoms with Crippen LogP contribution < -0.4 is 5.32 Å². The SMILES string of the molecule is Cc1cnccc1CNC(=O)N1CCCC1C(=O)O. The van der Waals surface area contributed by atoms with Crippen LogP contribution in [0.5, 0.6) is 0 Å². The fourth-order valence-electron chi connectivity index (χ4n) is 2.24. The lowest BCUT2D eigenvalue weighted by molar-refractivity contribution is -0.141. The Bertz CT molecular complexity index is 490. The number of aliphatic carboxylic acids is 1. The number of likely N-dealkylation sites (tertiary alicyclic amines) is 1. The average molecular weight is 263 g/mol. The number of aromatic nitrogens is 1. The minimum Gasteiger partial charge on any atom is -0.480 e. The van der Waals surface area contributed by atoms with Crippen LogP contribution in [0.3, 0.4) is 0 Å². The summed E-state index contributed by atoms with van der Waals surface area (Å²) >= 11 is 0. The summed E-state index contributed by atoms with van der Waals surface area (Å²) in [5, 5.41) is 11.8. The third-order valence-corrected chi connectivity index (χ3v) is 3.37. The molecule has 6 nitrogen and oxygen atoms in total.